The van der Waals surface area contributed by atoms with Crippen LogP contribution in [0.2, 0.25) is 0 Å². The first-order chi connectivity index (χ1) is 7.72. The average Bonchev–Trinajstić information content (AvgIpc) is 2.30. The minimum Gasteiger partial charge on any atom is -0.430 e. The van der Waals surface area contributed by atoms with Gasteiger partial charge in [-0.25, -0.2) is 9.18 Å². The lowest BCUT2D eigenvalue weighted by atomic mass is 10.2. The van der Waals surface area contributed by atoms with Crippen molar-refractivity contribution >= 4 is 11.8 Å². The monoisotopic (exact) mass is 220 g/mol. The molecule has 2 rings (SSSR count). The third-order valence-electron chi connectivity index (χ3n) is 2.37. The maximum Gasteiger partial charge on any atom is 0.415 e. The van der Waals surface area contributed by atoms with Crippen LogP contribution in [0.4, 0.5) is 14.9 Å². The number of anilines is 1. The van der Waals surface area contributed by atoms with Gasteiger partial charge in [-0.2, -0.15) is 5.26 Å². The highest BCUT2D eigenvalue weighted by Crippen LogP contribution is 2.23. The number of nitriles is 1. The quantitative estimate of drug-likeness (QED) is 0.727. The van der Waals surface area contributed by atoms with E-state index in [-0.39, 0.29) is 12.2 Å². The van der Waals surface area contributed by atoms with Gasteiger partial charge < -0.3 is 4.74 Å². The second-order valence-corrected chi connectivity index (χ2v) is 3.39. The molecule has 1 aromatic rings. The molecule has 0 aromatic heterocycles. The van der Waals surface area contributed by atoms with Crippen molar-refractivity contribution in [1.82, 2.24) is 0 Å². The molecular weight excluding hydrogens is 211 g/mol. The van der Waals surface area contributed by atoms with Crippen molar-refractivity contribution in [2.75, 3.05) is 11.4 Å². The summed E-state index contributed by atoms with van der Waals surface area (Å²) in [5.74, 6) is -0.477. The Labute approximate surface area is 91.8 Å². The van der Waals surface area contributed by atoms with Gasteiger partial charge in [0.2, 0.25) is 0 Å². The highest BCUT2D eigenvalue weighted by molar-refractivity contribution is 5.88. The molecule has 1 amide bonds. The lowest BCUT2D eigenvalue weighted by Crippen LogP contribution is -2.42. The van der Waals surface area contributed by atoms with E-state index in [4.69, 9.17) is 10.00 Å². The van der Waals surface area contributed by atoms with Gasteiger partial charge in [-0.3, -0.25) is 4.90 Å². The van der Waals surface area contributed by atoms with Gasteiger partial charge in [-0.1, -0.05) is 12.1 Å². The lowest BCUT2D eigenvalue weighted by molar-refractivity contribution is 0.111. The van der Waals surface area contributed by atoms with Crippen LogP contribution in [-0.4, -0.2) is 18.7 Å². The van der Waals surface area contributed by atoms with Gasteiger partial charge in [-0.05, 0) is 12.1 Å². The zero-order valence-corrected chi connectivity index (χ0v) is 8.39. The first-order valence-electron chi connectivity index (χ1n) is 4.84. The third-order valence-corrected chi connectivity index (χ3v) is 2.37. The number of carbonyl (C=O) groups is 1. The number of nitrogens with zero attached hydrogens (tertiary/aromatic N) is 2. The van der Waals surface area contributed by atoms with Crippen molar-refractivity contribution in [1.29, 1.82) is 5.26 Å². The molecule has 0 aliphatic carbocycles. The Balaban J connectivity index is 2.22. The summed E-state index contributed by atoms with van der Waals surface area (Å²) >= 11 is 0. The molecule has 4 nitrogen and oxygen atoms in total. The molecule has 1 atom stereocenters. The van der Waals surface area contributed by atoms with Crippen molar-refractivity contribution in [3.05, 3.63) is 30.1 Å². The smallest absolute Gasteiger partial charge is 0.415 e. The minimum absolute atomic E-state index is 0.184. The molecule has 0 saturated carbocycles. The van der Waals surface area contributed by atoms with Crippen molar-refractivity contribution in [2.45, 2.75) is 12.5 Å². The van der Waals surface area contributed by atoms with Gasteiger partial charge in [0.25, 0.3) is 0 Å². The number of hydrogen-bond donors (Lipinski definition) is 0. The van der Waals surface area contributed by atoms with Gasteiger partial charge in [-0.15, -0.1) is 0 Å². The molecule has 16 heavy (non-hydrogen) atoms. The molecule has 1 aliphatic heterocycles. The zero-order chi connectivity index (χ0) is 11.5. The Hall–Kier alpha value is -2.09. The Kier molecular flexibility index (Phi) is 2.73. The number of rotatable bonds is 1. The van der Waals surface area contributed by atoms with Crippen LogP contribution in [0.15, 0.2) is 24.3 Å². The Morgan fingerprint density at radius 1 is 1.50 bits per heavy atom. The zero-order valence-electron chi connectivity index (χ0n) is 8.39. The summed E-state index contributed by atoms with van der Waals surface area (Å²) in [7, 11) is 0. The van der Waals surface area contributed by atoms with E-state index in [1.165, 1.54) is 17.0 Å². The van der Waals surface area contributed by atoms with E-state index < -0.39 is 18.0 Å². The fourth-order valence-electron chi connectivity index (χ4n) is 1.56. The Morgan fingerprint density at radius 3 is 2.88 bits per heavy atom. The van der Waals surface area contributed by atoms with E-state index in [1.807, 2.05) is 6.07 Å². The molecule has 0 spiro atoms. The molecule has 1 heterocycles. The van der Waals surface area contributed by atoms with Crippen molar-refractivity contribution < 1.29 is 13.9 Å². The van der Waals surface area contributed by atoms with E-state index in [0.717, 1.165) is 0 Å². The first-order valence-corrected chi connectivity index (χ1v) is 4.84. The van der Waals surface area contributed by atoms with E-state index in [1.54, 1.807) is 12.1 Å². The lowest BCUT2D eigenvalue weighted by Gasteiger charge is -2.28. The predicted molar refractivity (Wildman–Crippen MR) is 54.2 cm³/mol. The predicted octanol–water partition coefficient (Wildman–Crippen LogP) is 2.06. The van der Waals surface area contributed by atoms with Crippen LogP contribution in [0.1, 0.15) is 6.42 Å². The molecule has 0 bridgehead atoms. The summed E-state index contributed by atoms with van der Waals surface area (Å²) in [6, 6.07) is 7.83. The van der Waals surface area contributed by atoms with Crippen LogP contribution in [0, 0.1) is 17.1 Å². The standard InChI is InChI=1S/C11H9FN2O2/c12-9-3-1-2-4-10(9)14-6-5-8(7-13)16-11(14)15/h1-4,8H,5-6H2. The van der Waals surface area contributed by atoms with Crippen LogP contribution >= 0.6 is 0 Å². The van der Waals surface area contributed by atoms with Crippen LogP contribution in [0.25, 0.3) is 0 Å². The summed E-state index contributed by atoms with van der Waals surface area (Å²) in [4.78, 5) is 12.7. The highest BCUT2D eigenvalue weighted by atomic mass is 19.1. The Bertz CT molecular complexity index is 456. The third kappa shape index (κ3) is 1.82. The minimum atomic E-state index is -0.726. The highest BCUT2D eigenvalue weighted by Gasteiger charge is 2.29. The molecule has 1 saturated heterocycles. The van der Waals surface area contributed by atoms with Crippen molar-refractivity contribution in [3.8, 4) is 6.07 Å². The van der Waals surface area contributed by atoms with E-state index in [0.29, 0.717) is 6.42 Å². The van der Waals surface area contributed by atoms with Gasteiger partial charge in [0, 0.05) is 13.0 Å². The molecule has 1 aliphatic rings. The second kappa shape index (κ2) is 4.19. The summed E-state index contributed by atoms with van der Waals surface area (Å²) < 4.78 is 18.2. The normalized spacial score (nSPS) is 20.1. The van der Waals surface area contributed by atoms with E-state index in [2.05, 4.69) is 0 Å². The number of benzene rings is 1. The summed E-state index contributed by atoms with van der Waals surface area (Å²) in [6.45, 7) is 0.290. The van der Waals surface area contributed by atoms with Crippen molar-refractivity contribution in [2.24, 2.45) is 0 Å². The summed E-state index contributed by atoms with van der Waals surface area (Å²) in [5.41, 5.74) is 0.184. The van der Waals surface area contributed by atoms with Crippen LogP contribution in [-0.2, 0) is 4.74 Å². The molecule has 1 unspecified atom stereocenters. The number of halogens is 1. The maximum atomic E-state index is 13.4. The largest absolute Gasteiger partial charge is 0.430 e. The number of hydrogen-bond acceptors (Lipinski definition) is 3. The fraction of sp³-hybridized carbons (Fsp3) is 0.273. The van der Waals surface area contributed by atoms with E-state index >= 15 is 0 Å². The number of amides is 1. The topological polar surface area (TPSA) is 53.3 Å². The number of cyclic esters (lactones) is 1. The summed E-state index contributed by atoms with van der Waals surface area (Å²) in [5, 5.41) is 8.60. The summed E-state index contributed by atoms with van der Waals surface area (Å²) in [6.07, 6.45) is -1.02. The molecule has 1 aromatic carbocycles. The van der Waals surface area contributed by atoms with Crippen LogP contribution in [0.5, 0.6) is 0 Å². The molecule has 82 valence electrons. The number of carbonyl (C=O) groups excluding carboxylic acids is 1. The average molecular weight is 220 g/mol. The van der Waals surface area contributed by atoms with Crippen LogP contribution < -0.4 is 4.90 Å². The number of ether oxygens (including phenoxy) is 1. The first kappa shape index (κ1) is 10.4. The maximum absolute atomic E-state index is 13.4. The molecule has 1 fully saturated rings. The van der Waals surface area contributed by atoms with Gasteiger partial charge in [0.1, 0.15) is 11.9 Å². The van der Waals surface area contributed by atoms with Crippen LogP contribution in [0.3, 0.4) is 0 Å². The van der Waals surface area contributed by atoms with Gasteiger partial charge in [0.05, 0.1) is 5.69 Å². The Morgan fingerprint density at radius 2 is 2.25 bits per heavy atom. The van der Waals surface area contributed by atoms with Gasteiger partial charge >= 0.3 is 6.09 Å². The fourth-order valence-corrected chi connectivity index (χ4v) is 1.56. The molecule has 5 heteroatoms. The van der Waals surface area contributed by atoms with Gasteiger partial charge in [0.15, 0.2) is 6.10 Å². The number of para-hydroxylation sites is 1. The van der Waals surface area contributed by atoms with Crippen molar-refractivity contribution in [3.63, 3.8) is 0 Å². The van der Waals surface area contributed by atoms with E-state index in [9.17, 15) is 9.18 Å². The second-order valence-electron chi connectivity index (χ2n) is 3.39. The molecule has 0 N–H and O–H groups in total. The SMILES string of the molecule is N#CC1CCN(c2ccccc2F)C(=O)O1. The molecular formula is C11H9FN2O2. The molecule has 0 radical (unpaired) electrons.